The van der Waals surface area contributed by atoms with Gasteiger partial charge in [0.1, 0.15) is 5.60 Å². The first kappa shape index (κ1) is 16.1. The Morgan fingerprint density at radius 3 is 2.26 bits per heavy atom. The lowest BCUT2D eigenvalue weighted by Gasteiger charge is -2.34. The number of ether oxygens (including phenoxy) is 1. The Morgan fingerprint density at radius 2 is 1.79 bits per heavy atom. The molecule has 0 aromatic carbocycles. The maximum absolute atomic E-state index is 12.7. The summed E-state index contributed by atoms with van der Waals surface area (Å²) in [6, 6.07) is -1.15. The maximum Gasteiger partial charge on any atom is 0.407 e. The standard InChI is InChI=1S/C12H21F3N2O2/c1-11(2,3)19-10(18)17-9-5-7(12(13,14)15)4-8(16)6-9/h7-9H,4-6,16H2,1-3H3,(H,17,18)/t7-,8-,9-/m0/s1. The molecule has 112 valence electrons. The summed E-state index contributed by atoms with van der Waals surface area (Å²) in [6.07, 6.45) is -4.86. The van der Waals surface area contributed by atoms with Crippen molar-refractivity contribution in [3.63, 3.8) is 0 Å². The van der Waals surface area contributed by atoms with Crippen LogP contribution in [0.15, 0.2) is 0 Å². The van der Waals surface area contributed by atoms with Crippen molar-refractivity contribution in [1.29, 1.82) is 0 Å². The Bertz CT molecular complexity index is 326. The molecule has 0 saturated heterocycles. The van der Waals surface area contributed by atoms with Gasteiger partial charge < -0.3 is 15.8 Å². The largest absolute Gasteiger partial charge is 0.444 e. The lowest BCUT2D eigenvalue weighted by molar-refractivity contribution is -0.184. The molecule has 1 rings (SSSR count). The minimum absolute atomic E-state index is 0.0873. The number of nitrogens with one attached hydrogen (secondary N) is 1. The molecule has 0 heterocycles. The lowest BCUT2D eigenvalue weighted by Crippen LogP contribution is -2.49. The van der Waals surface area contributed by atoms with Gasteiger partial charge in [-0.15, -0.1) is 0 Å². The summed E-state index contributed by atoms with van der Waals surface area (Å²) in [6.45, 7) is 5.08. The fourth-order valence-corrected chi connectivity index (χ4v) is 2.22. The molecule has 0 bridgehead atoms. The molecule has 1 aliphatic rings. The number of alkyl carbamates (subject to hydrolysis) is 1. The van der Waals surface area contributed by atoms with E-state index >= 15 is 0 Å². The summed E-state index contributed by atoms with van der Waals surface area (Å²) in [5.41, 5.74) is 4.95. The van der Waals surface area contributed by atoms with E-state index < -0.39 is 35.9 Å². The van der Waals surface area contributed by atoms with Crippen LogP contribution in [-0.4, -0.2) is 30.0 Å². The average Bonchev–Trinajstić information content (AvgIpc) is 2.11. The van der Waals surface area contributed by atoms with Crippen LogP contribution in [0, 0.1) is 5.92 Å². The summed E-state index contributed by atoms with van der Waals surface area (Å²) < 4.78 is 43.1. The Morgan fingerprint density at radius 1 is 1.21 bits per heavy atom. The van der Waals surface area contributed by atoms with Crippen molar-refractivity contribution in [2.75, 3.05) is 0 Å². The summed E-state index contributed by atoms with van der Waals surface area (Å²) >= 11 is 0. The highest BCUT2D eigenvalue weighted by Gasteiger charge is 2.44. The number of hydrogen-bond donors (Lipinski definition) is 2. The van der Waals surface area contributed by atoms with Crippen molar-refractivity contribution in [2.24, 2.45) is 11.7 Å². The number of alkyl halides is 3. The predicted molar refractivity (Wildman–Crippen MR) is 64.5 cm³/mol. The van der Waals surface area contributed by atoms with Gasteiger partial charge in [-0.3, -0.25) is 0 Å². The van der Waals surface area contributed by atoms with Crippen molar-refractivity contribution in [3.8, 4) is 0 Å². The van der Waals surface area contributed by atoms with E-state index in [9.17, 15) is 18.0 Å². The van der Waals surface area contributed by atoms with Crippen molar-refractivity contribution < 1.29 is 22.7 Å². The maximum atomic E-state index is 12.7. The van der Waals surface area contributed by atoms with E-state index in [1.165, 1.54) is 0 Å². The second-order valence-corrected chi connectivity index (χ2v) is 6.05. The third kappa shape index (κ3) is 5.67. The van der Waals surface area contributed by atoms with E-state index in [2.05, 4.69) is 5.32 Å². The number of hydrogen-bond acceptors (Lipinski definition) is 3. The molecule has 19 heavy (non-hydrogen) atoms. The molecule has 1 aliphatic carbocycles. The normalized spacial score (nSPS) is 28.9. The van der Waals surface area contributed by atoms with Gasteiger partial charge in [0.15, 0.2) is 0 Å². The van der Waals surface area contributed by atoms with Gasteiger partial charge in [0.05, 0.1) is 5.92 Å². The Kier molecular flexibility index (Phi) is 4.71. The van der Waals surface area contributed by atoms with Crippen molar-refractivity contribution in [1.82, 2.24) is 5.32 Å². The minimum atomic E-state index is -4.27. The van der Waals surface area contributed by atoms with Gasteiger partial charge in [0.25, 0.3) is 0 Å². The van der Waals surface area contributed by atoms with Gasteiger partial charge >= 0.3 is 12.3 Å². The Hall–Kier alpha value is -0.980. The molecule has 3 atom stereocenters. The number of halogens is 3. The predicted octanol–water partition coefficient (Wildman–Crippen LogP) is 2.57. The van der Waals surface area contributed by atoms with Crippen LogP contribution in [0.5, 0.6) is 0 Å². The summed E-state index contributed by atoms with van der Waals surface area (Å²) in [4.78, 5) is 11.5. The van der Waals surface area contributed by atoms with Gasteiger partial charge in [-0.25, -0.2) is 4.79 Å². The zero-order valence-electron chi connectivity index (χ0n) is 11.4. The van der Waals surface area contributed by atoms with E-state index in [0.29, 0.717) is 6.42 Å². The second kappa shape index (κ2) is 5.56. The highest BCUT2D eigenvalue weighted by molar-refractivity contribution is 5.68. The molecule has 1 amide bonds. The molecular weight excluding hydrogens is 261 g/mol. The third-order valence-electron chi connectivity index (χ3n) is 2.93. The second-order valence-electron chi connectivity index (χ2n) is 6.05. The fourth-order valence-electron chi connectivity index (χ4n) is 2.22. The smallest absolute Gasteiger partial charge is 0.407 e. The van der Waals surface area contributed by atoms with Gasteiger partial charge in [0.2, 0.25) is 0 Å². The van der Waals surface area contributed by atoms with Crippen LogP contribution < -0.4 is 11.1 Å². The number of carbonyl (C=O) groups is 1. The zero-order chi connectivity index (χ0) is 14.8. The van der Waals surface area contributed by atoms with E-state index in [4.69, 9.17) is 10.5 Å². The van der Waals surface area contributed by atoms with Crippen LogP contribution >= 0.6 is 0 Å². The van der Waals surface area contributed by atoms with Crippen LogP contribution in [0.25, 0.3) is 0 Å². The van der Waals surface area contributed by atoms with E-state index in [0.717, 1.165) is 0 Å². The molecule has 3 N–H and O–H groups in total. The number of rotatable bonds is 1. The van der Waals surface area contributed by atoms with E-state index in [1.807, 2.05) is 0 Å². The summed E-state index contributed by atoms with van der Waals surface area (Å²) in [5, 5.41) is 2.47. The van der Waals surface area contributed by atoms with Crippen molar-refractivity contribution in [2.45, 2.75) is 63.9 Å². The average molecular weight is 282 g/mol. The van der Waals surface area contributed by atoms with E-state index in [1.54, 1.807) is 20.8 Å². The zero-order valence-corrected chi connectivity index (χ0v) is 11.4. The van der Waals surface area contributed by atoms with Gasteiger partial charge in [-0.1, -0.05) is 0 Å². The van der Waals surface area contributed by atoms with Gasteiger partial charge in [0, 0.05) is 12.1 Å². The Balaban J connectivity index is 2.56. The first-order chi connectivity index (χ1) is 8.47. The number of carbonyl (C=O) groups excluding carboxylic acids is 1. The molecule has 0 radical (unpaired) electrons. The third-order valence-corrected chi connectivity index (χ3v) is 2.93. The molecule has 0 aromatic rings. The van der Waals surface area contributed by atoms with Crippen LogP contribution in [0.3, 0.4) is 0 Å². The highest BCUT2D eigenvalue weighted by Crippen LogP contribution is 2.37. The lowest BCUT2D eigenvalue weighted by atomic mass is 9.82. The highest BCUT2D eigenvalue weighted by atomic mass is 19.4. The number of nitrogens with two attached hydrogens (primary N) is 1. The molecular formula is C12H21F3N2O2. The van der Waals surface area contributed by atoms with Gasteiger partial charge in [-0.05, 0) is 40.0 Å². The summed E-state index contributed by atoms with van der Waals surface area (Å²) in [7, 11) is 0. The first-order valence-corrected chi connectivity index (χ1v) is 6.29. The molecule has 7 heteroatoms. The molecule has 4 nitrogen and oxygen atoms in total. The molecule has 0 unspecified atom stereocenters. The molecule has 0 spiro atoms. The van der Waals surface area contributed by atoms with Gasteiger partial charge in [-0.2, -0.15) is 13.2 Å². The quantitative estimate of drug-likeness (QED) is 0.777. The summed E-state index contributed by atoms with van der Waals surface area (Å²) in [5.74, 6) is -1.46. The van der Waals surface area contributed by atoms with Crippen LogP contribution in [-0.2, 0) is 4.74 Å². The fraction of sp³-hybridized carbons (Fsp3) is 0.917. The number of amides is 1. The van der Waals surface area contributed by atoms with Crippen molar-refractivity contribution in [3.05, 3.63) is 0 Å². The topological polar surface area (TPSA) is 64.3 Å². The molecule has 0 aromatic heterocycles. The van der Waals surface area contributed by atoms with Crippen LogP contribution in [0.2, 0.25) is 0 Å². The SMILES string of the molecule is CC(C)(C)OC(=O)N[C@@H]1C[C@@H](N)C[C@H](C(F)(F)F)C1. The Labute approximate surface area is 110 Å². The van der Waals surface area contributed by atoms with Crippen LogP contribution in [0.1, 0.15) is 40.0 Å². The van der Waals surface area contributed by atoms with Crippen molar-refractivity contribution >= 4 is 6.09 Å². The minimum Gasteiger partial charge on any atom is -0.444 e. The monoisotopic (exact) mass is 282 g/mol. The first-order valence-electron chi connectivity index (χ1n) is 6.29. The van der Waals surface area contributed by atoms with E-state index in [-0.39, 0.29) is 12.8 Å². The molecule has 1 fully saturated rings. The van der Waals surface area contributed by atoms with Crippen LogP contribution in [0.4, 0.5) is 18.0 Å². The molecule has 0 aliphatic heterocycles. The molecule has 1 saturated carbocycles.